The molecule has 1 aromatic carbocycles. The van der Waals surface area contributed by atoms with Gasteiger partial charge in [0.25, 0.3) is 0 Å². The van der Waals surface area contributed by atoms with Crippen LogP contribution < -0.4 is 5.73 Å². The van der Waals surface area contributed by atoms with Gasteiger partial charge in [0.05, 0.1) is 0 Å². The van der Waals surface area contributed by atoms with Gasteiger partial charge in [0.1, 0.15) is 0 Å². The number of hydrogen-bond acceptors (Lipinski definition) is 1. The van der Waals surface area contributed by atoms with Crippen molar-refractivity contribution in [2.24, 2.45) is 17.1 Å². The molecule has 1 unspecified atom stereocenters. The molecule has 0 aliphatic heterocycles. The first-order chi connectivity index (χ1) is 9.57. The van der Waals surface area contributed by atoms with Crippen LogP contribution in [-0.2, 0) is 6.42 Å². The SMILES string of the molecule is CCCc1ccc(C(N)C2(CC(C)C)CCCC2)cc1. The summed E-state index contributed by atoms with van der Waals surface area (Å²) < 4.78 is 0. The zero-order valence-electron chi connectivity index (χ0n) is 13.5. The van der Waals surface area contributed by atoms with Gasteiger partial charge in [0.15, 0.2) is 0 Å². The van der Waals surface area contributed by atoms with E-state index >= 15 is 0 Å². The van der Waals surface area contributed by atoms with Crippen LogP contribution in [0.15, 0.2) is 24.3 Å². The molecule has 0 bridgehead atoms. The Labute approximate surface area is 125 Å². The van der Waals surface area contributed by atoms with Gasteiger partial charge in [-0.05, 0) is 48.1 Å². The van der Waals surface area contributed by atoms with Crippen LogP contribution in [0.4, 0.5) is 0 Å². The van der Waals surface area contributed by atoms with Crippen molar-refractivity contribution in [3.8, 4) is 0 Å². The molecule has 0 radical (unpaired) electrons. The maximum absolute atomic E-state index is 6.71. The molecule has 1 heteroatoms. The molecule has 1 nitrogen and oxygen atoms in total. The second-order valence-electron chi connectivity index (χ2n) is 7.14. The zero-order valence-corrected chi connectivity index (χ0v) is 13.5. The molecule has 20 heavy (non-hydrogen) atoms. The fourth-order valence-electron chi connectivity index (χ4n) is 4.07. The Morgan fingerprint density at radius 2 is 1.70 bits per heavy atom. The minimum absolute atomic E-state index is 0.211. The molecule has 1 aromatic rings. The molecule has 1 atom stereocenters. The van der Waals surface area contributed by atoms with Gasteiger partial charge >= 0.3 is 0 Å². The van der Waals surface area contributed by atoms with E-state index in [1.807, 2.05) is 0 Å². The first-order valence-electron chi connectivity index (χ1n) is 8.42. The molecule has 0 saturated heterocycles. The molecule has 1 fully saturated rings. The topological polar surface area (TPSA) is 26.0 Å². The Balaban J connectivity index is 2.16. The van der Waals surface area contributed by atoms with E-state index in [1.165, 1.54) is 56.1 Å². The Hall–Kier alpha value is -0.820. The standard InChI is InChI=1S/C19H31N/c1-4-7-16-8-10-17(11-9-16)18(20)19(14-15(2)3)12-5-6-13-19/h8-11,15,18H,4-7,12-14,20H2,1-3H3. The van der Waals surface area contributed by atoms with Gasteiger partial charge in [-0.2, -0.15) is 0 Å². The van der Waals surface area contributed by atoms with Crippen molar-refractivity contribution in [3.63, 3.8) is 0 Å². The number of aryl methyl sites for hydroxylation is 1. The number of rotatable bonds is 6. The summed E-state index contributed by atoms with van der Waals surface area (Å²) in [6.45, 7) is 6.89. The third kappa shape index (κ3) is 3.44. The van der Waals surface area contributed by atoms with Gasteiger partial charge in [0, 0.05) is 6.04 Å². The van der Waals surface area contributed by atoms with E-state index in [-0.39, 0.29) is 6.04 Å². The smallest absolute Gasteiger partial charge is 0.0352 e. The third-order valence-corrected chi connectivity index (χ3v) is 4.95. The van der Waals surface area contributed by atoms with Gasteiger partial charge in [-0.25, -0.2) is 0 Å². The number of benzene rings is 1. The summed E-state index contributed by atoms with van der Waals surface area (Å²) >= 11 is 0. The molecular formula is C19H31N. The molecule has 0 spiro atoms. The van der Waals surface area contributed by atoms with Crippen molar-refractivity contribution in [3.05, 3.63) is 35.4 Å². The highest BCUT2D eigenvalue weighted by atomic mass is 14.7. The number of nitrogens with two attached hydrogens (primary N) is 1. The monoisotopic (exact) mass is 273 g/mol. The molecule has 1 saturated carbocycles. The van der Waals surface area contributed by atoms with E-state index in [1.54, 1.807) is 0 Å². The largest absolute Gasteiger partial charge is 0.323 e. The maximum Gasteiger partial charge on any atom is 0.0352 e. The highest BCUT2D eigenvalue weighted by Gasteiger charge is 2.40. The van der Waals surface area contributed by atoms with Gasteiger partial charge in [0.2, 0.25) is 0 Å². The van der Waals surface area contributed by atoms with Crippen molar-refractivity contribution in [2.45, 2.75) is 71.8 Å². The molecule has 0 amide bonds. The molecule has 1 aliphatic rings. The van der Waals surface area contributed by atoms with Crippen LogP contribution in [0.3, 0.4) is 0 Å². The fourth-order valence-corrected chi connectivity index (χ4v) is 4.07. The van der Waals surface area contributed by atoms with Crippen LogP contribution >= 0.6 is 0 Å². The lowest BCUT2D eigenvalue weighted by Crippen LogP contribution is -2.33. The predicted molar refractivity (Wildman–Crippen MR) is 87.7 cm³/mol. The highest BCUT2D eigenvalue weighted by molar-refractivity contribution is 5.27. The van der Waals surface area contributed by atoms with Crippen molar-refractivity contribution >= 4 is 0 Å². The van der Waals surface area contributed by atoms with Crippen molar-refractivity contribution in [2.75, 3.05) is 0 Å². The molecule has 1 aliphatic carbocycles. The van der Waals surface area contributed by atoms with Crippen molar-refractivity contribution in [1.82, 2.24) is 0 Å². The molecule has 0 heterocycles. The van der Waals surface area contributed by atoms with Gasteiger partial charge in [-0.3, -0.25) is 0 Å². The molecule has 0 aromatic heterocycles. The summed E-state index contributed by atoms with van der Waals surface area (Å²) in [5.41, 5.74) is 9.83. The molecule has 112 valence electrons. The Bertz CT molecular complexity index is 398. The fraction of sp³-hybridized carbons (Fsp3) is 0.684. The van der Waals surface area contributed by atoms with Crippen molar-refractivity contribution in [1.29, 1.82) is 0 Å². The zero-order chi connectivity index (χ0) is 14.6. The summed E-state index contributed by atoms with van der Waals surface area (Å²) in [5.74, 6) is 0.735. The summed E-state index contributed by atoms with van der Waals surface area (Å²) in [6.07, 6.45) is 8.98. The Morgan fingerprint density at radius 3 is 2.20 bits per heavy atom. The van der Waals surface area contributed by atoms with E-state index in [0.29, 0.717) is 5.41 Å². The van der Waals surface area contributed by atoms with Crippen LogP contribution in [0.5, 0.6) is 0 Å². The lowest BCUT2D eigenvalue weighted by atomic mass is 9.70. The first kappa shape index (κ1) is 15.6. The highest BCUT2D eigenvalue weighted by Crippen LogP contribution is 2.50. The first-order valence-corrected chi connectivity index (χ1v) is 8.42. The minimum atomic E-state index is 0.211. The lowest BCUT2D eigenvalue weighted by Gasteiger charge is -2.37. The Kier molecular flexibility index (Phi) is 5.26. The summed E-state index contributed by atoms with van der Waals surface area (Å²) in [7, 11) is 0. The molecular weight excluding hydrogens is 242 g/mol. The van der Waals surface area contributed by atoms with Gasteiger partial charge < -0.3 is 5.73 Å². The molecule has 2 rings (SSSR count). The van der Waals surface area contributed by atoms with Crippen molar-refractivity contribution < 1.29 is 0 Å². The number of hydrogen-bond donors (Lipinski definition) is 1. The molecule has 2 N–H and O–H groups in total. The van der Waals surface area contributed by atoms with E-state index < -0.39 is 0 Å². The van der Waals surface area contributed by atoms with E-state index in [4.69, 9.17) is 5.73 Å². The van der Waals surface area contributed by atoms with E-state index in [9.17, 15) is 0 Å². The normalized spacial score (nSPS) is 19.4. The summed E-state index contributed by atoms with van der Waals surface area (Å²) in [5, 5.41) is 0. The second kappa shape index (κ2) is 6.76. The van der Waals surface area contributed by atoms with Crippen LogP contribution in [0.2, 0.25) is 0 Å². The van der Waals surface area contributed by atoms with Gasteiger partial charge in [-0.1, -0.05) is 64.3 Å². The van der Waals surface area contributed by atoms with E-state index in [0.717, 1.165) is 5.92 Å². The Morgan fingerprint density at radius 1 is 1.10 bits per heavy atom. The van der Waals surface area contributed by atoms with Crippen LogP contribution in [-0.4, -0.2) is 0 Å². The van der Waals surface area contributed by atoms with E-state index in [2.05, 4.69) is 45.0 Å². The average Bonchev–Trinajstić information content (AvgIpc) is 2.88. The van der Waals surface area contributed by atoms with Crippen LogP contribution in [0.25, 0.3) is 0 Å². The lowest BCUT2D eigenvalue weighted by molar-refractivity contribution is 0.183. The van der Waals surface area contributed by atoms with Crippen LogP contribution in [0.1, 0.15) is 76.5 Å². The third-order valence-electron chi connectivity index (χ3n) is 4.95. The minimum Gasteiger partial charge on any atom is -0.323 e. The quantitative estimate of drug-likeness (QED) is 0.753. The predicted octanol–water partition coefficient (Wildman–Crippen LogP) is 5.25. The summed E-state index contributed by atoms with van der Waals surface area (Å²) in [6, 6.07) is 9.31. The average molecular weight is 273 g/mol. The van der Waals surface area contributed by atoms with Gasteiger partial charge in [-0.15, -0.1) is 0 Å². The second-order valence-corrected chi connectivity index (χ2v) is 7.14. The van der Waals surface area contributed by atoms with Crippen LogP contribution in [0, 0.1) is 11.3 Å². The maximum atomic E-state index is 6.71. The summed E-state index contributed by atoms with van der Waals surface area (Å²) in [4.78, 5) is 0.